The lowest BCUT2D eigenvalue weighted by molar-refractivity contribution is 0.0698. The molecule has 0 bridgehead atoms. The van der Waals surface area contributed by atoms with Crippen LogP contribution in [-0.2, 0) is 9.47 Å². The van der Waals surface area contributed by atoms with Gasteiger partial charge in [0.15, 0.2) is 5.96 Å². The normalized spacial score (nSPS) is 12.2. The molecule has 0 spiro atoms. The van der Waals surface area contributed by atoms with Crippen LogP contribution in [0.4, 0.5) is 0 Å². The summed E-state index contributed by atoms with van der Waals surface area (Å²) in [5, 5.41) is 6.59. The van der Waals surface area contributed by atoms with Gasteiger partial charge in [0.05, 0.1) is 19.8 Å². The summed E-state index contributed by atoms with van der Waals surface area (Å²) in [6.45, 7) is 8.41. The third-order valence-corrected chi connectivity index (χ3v) is 3.49. The predicted octanol–water partition coefficient (Wildman–Crippen LogP) is 3.07. The average Bonchev–Trinajstić information content (AvgIpc) is 2.64. The first-order valence-electron chi connectivity index (χ1n) is 9.10. The molecule has 1 rings (SSSR count). The monoisotopic (exact) mass is 479 g/mol. The molecule has 6 nitrogen and oxygen atoms in total. The molecular weight excluding hydrogens is 445 g/mol. The predicted molar refractivity (Wildman–Crippen MR) is 118 cm³/mol. The second-order valence-corrected chi connectivity index (χ2v) is 5.57. The lowest BCUT2D eigenvalue weighted by atomic mass is 10.2. The molecule has 0 aliphatic carbocycles. The Morgan fingerprint density at radius 3 is 2.50 bits per heavy atom. The maximum Gasteiger partial charge on any atom is 0.191 e. The topological polar surface area (TPSA) is 64.1 Å². The first kappa shape index (κ1) is 24.9. The Hall–Kier alpha value is -1.06. The van der Waals surface area contributed by atoms with E-state index in [2.05, 4.69) is 29.5 Å². The minimum Gasteiger partial charge on any atom is -0.489 e. The highest BCUT2D eigenvalue weighted by molar-refractivity contribution is 14.0. The van der Waals surface area contributed by atoms with E-state index in [0.717, 1.165) is 37.6 Å². The van der Waals surface area contributed by atoms with Gasteiger partial charge in [-0.2, -0.15) is 0 Å². The molecule has 0 aliphatic rings. The van der Waals surface area contributed by atoms with Crippen LogP contribution in [-0.4, -0.2) is 58.6 Å². The zero-order chi connectivity index (χ0) is 18.2. The van der Waals surface area contributed by atoms with E-state index in [0.29, 0.717) is 26.4 Å². The van der Waals surface area contributed by atoms with Crippen molar-refractivity contribution in [2.45, 2.75) is 32.8 Å². The van der Waals surface area contributed by atoms with Gasteiger partial charge in [0.1, 0.15) is 11.9 Å². The lowest BCUT2D eigenvalue weighted by Gasteiger charge is -2.17. The molecular formula is C19H34IN3O3. The Morgan fingerprint density at radius 1 is 1.08 bits per heavy atom. The molecule has 1 unspecified atom stereocenters. The molecule has 0 heterocycles. The van der Waals surface area contributed by atoms with E-state index >= 15 is 0 Å². The van der Waals surface area contributed by atoms with Gasteiger partial charge in [0.2, 0.25) is 0 Å². The molecule has 1 aromatic carbocycles. The molecule has 150 valence electrons. The summed E-state index contributed by atoms with van der Waals surface area (Å²) in [7, 11) is 1.68. The maximum atomic E-state index is 5.98. The van der Waals surface area contributed by atoms with E-state index in [-0.39, 0.29) is 30.1 Å². The number of halogens is 1. The van der Waals surface area contributed by atoms with Gasteiger partial charge in [-0.25, -0.2) is 4.99 Å². The Bertz CT molecular complexity index is 461. The van der Waals surface area contributed by atoms with Crippen molar-refractivity contribution in [3.63, 3.8) is 0 Å². The number of hydrogen-bond donors (Lipinski definition) is 2. The number of benzene rings is 1. The Labute approximate surface area is 175 Å². The van der Waals surface area contributed by atoms with Gasteiger partial charge in [-0.15, -0.1) is 24.0 Å². The number of ether oxygens (including phenoxy) is 3. The van der Waals surface area contributed by atoms with Gasteiger partial charge in [-0.3, -0.25) is 0 Å². The Morgan fingerprint density at radius 2 is 1.85 bits per heavy atom. The Kier molecular flexibility index (Phi) is 16.7. The number of nitrogens with one attached hydrogen (secondary N) is 2. The molecule has 0 aromatic heterocycles. The van der Waals surface area contributed by atoms with E-state index in [4.69, 9.17) is 14.2 Å². The van der Waals surface area contributed by atoms with Crippen LogP contribution in [0.1, 0.15) is 26.7 Å². The van der Waals surface area contributed by atoms with Crippen molar-refractivity contribution in [2.24, 2.45) is 4.99 Å². The third kappa shape index (κ3) is 12.3. The molecule has 2 N–H and O–H groups in total. The molecule has 0 amide bonds. The van der Waals surface area contributed by atoms with E-state index in [9.17, 15) is 0 Å². The summed E-state index contributed by atoms with van der Waals surface area (Å²) in [5.41, 5.74) is 0. The fraction of sp³-hybridized carbons (Fsp3) is 0.632. The second-order valence-electron chi connectivity index (χ2n) is 5.57. The van der Waals surface area contributed by atoms with Crippen LogP contribution in [0.5, 0.6) is 5.75 Å². The molecule has 0 saturated carbocycles. The van der Waals surface area contributed by atoms with Crippen molar-refractivity contribution in [3.05, 3.63) is 30.3 Å². The highest BCUT2D eigenvalue weighted by atomic mass is 127. The van der Waals surface area contributed by atoms with Gasteiger partial charge in [0, 0.05) is 26.8 Å². The standard InChI is InChI=1S/C19H33N3O3.HI/c1-4-17(25-18-10-7-6-8-11-18)16-22-19(20-5-2)21-12-9-13-24-15-14-23-3;/h6-8,10-11,17H,4-5,9,12-16H2,1-3H3,(H2,20,21,22);1H. The fourth-order valence-electron chi connectivity index (χ4n) is 2.10. The average molecular weight is 479 g/mol. The second kappa shape index (κ2) is 17.4. The van der Waals surface area contributed by atoms with Gasteiger partial charge >= 0.3 is 0 Å². The van der Waals surface area contributed by atoms with E-state index in [1.807, 2.05) is 30.3 Å². The van der Waals surface area contributed by atoms with Crippen LogP contribution in [0.15, 0.2) is 35.3 Å². The first-order valence-corrected chi connectivity index (χ1v) is 9.10. The van der Waals surface area contributed by atoms with Gasteiger partial charge in [0.25, 0.3) is 0 Å². The fourth-order valence-corrected chi connectivity index (χ4v) is 2.10. The van der Waals surface area contributed by atoms with Crippen LogP contribution in [0.25, 0.3) is 0 Å². The number of hydrogen-bond acceptors (Lipinski definition) is 4. The number of guanidine groups is 1. The van der Waals surface area contributed by atoms with Crippen molar-refractivity contribution in [3.8, 4) is 5.75 Å². The van der Waals surface area contributed by atoms with Crippen LogP contribution in [0, 0.1) is 0 Å². The van der Waals surface area contributed by atoms with Crippen molar-refractivity contribution in [2.75, 3.05) is 46.6 Å². The first-order chi connectivity index (χ1) is 12.3. The minimum absolute atomic E-state index is 0. The molecule has 26 heavy (non-hydrogen) atoms. The lowest BCUT2D eigenvalue weighted by Crippen LogP contribution is -2.39. The number of nitrogens with zero attached hydrogens (tertiary/aromatic N) is 1. The van der Waals surface area contributed by atoms with E-state index < -0.39 is 0 Å². The van der Waals surface area contributed by atoms with Crippen molar-refractivity contribution < 1.29 is 14.2 Å². The zero-order valence-corrected chi connectivity index (χ0v) is 18.5. The highest BCUT2D eigenvalue weighted by Gasteiger charge is 2.08. The number of aliphatic imine (C=N–C) groups is 1. The zero-order valence-electron chi connectivity index (χ0n) is 16.2. The molecule has 1 atom stereocenters. The van der Waals surface area contributed by atoms with E-state index in [1.54, 1.807) is 7.11 Å². The molecule has 0 aliphatic heterocycles. The molecule has 0 radical (unpaired) electrons. The largest absolute Gasteiger partial charge is 0.489 e. The Balaban J connectivity index is 0.00000625. The summed E-state index contributed by atoms with van der Waals surface area (Å²) in [6.07, 6.45) is 1.90. The smallest absolute Gasteiger partial charge is 0.191 e. The highest BCUT2D eigenvalue weighted by Crippen LogP contribution is 2.12. The van der Waals surface area contributed by atoms with Crippen LogP contribution in [0.2, 0.25) is 0 Å². The van der Waals surface area contributed by atoms with Gasteiger partial charge in [-0.05, 0) is 31.9 Å². The van der Waals surface area contributed by atoms with Crippen LogP contribution < -0.4 is 15.4 Å². The molecule has 0 saturated heterocycles. The number of para-hydroxylation sites is 1. The third-order valence-electron chi connectivity index (χ3n) is 3.49. The number of rotatable bonds is 13. The van der Waals surface area contributed by atoms with Crippen LogP contribution >= 0.6 is 24.0 Å². The quantitative estimate of drug-likeness (QED) is 0.197. The van der Waals surface area contributed by atoms with Crippen LogP contribution in [0.3, 0.4) is 0 Å². The van der Waals surface area contributed by atoms with Gasteiger partial charge < -0.3 is 24.8 Å². The minimum atomic E-state index is 0. The van der Waals surface area contributed by atoms with Crippen molar-refractivity contribution in [1.82, 2.24) is 10.6 Å². The summed E-state index contributed by atoms with van der Waals surface area (Å²) >= 11 is 0. The van der Waals surface area contributed by atoms with Crippen molar-refractivity contribution in [1.29, 1.82) is 0 Å². The SMILES string of the molecule is CCNC(=NCC(CC)Oc1ccccc1)NCCCOCCOC.I. The summed E-state index contributed by atoms with van der Waals surface area (Å²) in [6, 6.07) is 9.88. The summed E-state index contributed by atoms with van der Waals surface area (Å²) in [4.78, 5) is 4.64. The summed E-state index contributed by atoms with van der Waals surface area (Å²) < 4.78 is 16.4. The van der Waals surface area contributed by atoms with Crippen molar-refractivity contribution >= 4 is 29.9 Å². The van der Waals surface area contributed by atoms with E-state index in [1.165, 1.54) is 0 Å². The molecule has 7 heteroatoms. The maximum absolute atomic E-state index is 5.98. The molecule has 1 aromatic rings. The van der Waals surface area contributed by atoms with Gasteiger partial charge in [-0.1, -0.05) is 25.1 Å². The molecule has 0 fully saturated rings. The summed E-state index contributed by atoms with van der Waals surface area (Å²) in [5.74, 6) is 1.70. The number of methoxy groups -OCH3 is 1.